The molecule has 4 nitrogen and oxygen atoms in total. The number of methoxy groups -OCH3 is 2. The van der Waals surface area contributed by atoms with Crippen LogP contribution in [0.25, 0.3) is 0 Å². The normalized spacial score (nSPS) is 12.4. The van der Waals surface area contributed by atoms with Crippen molar-refractivity contribution < 1.29 is 19.0 Å². The molecule has 0 aliphatic heterocycles. The maximum Gasteiger partial charge on any atom is 0.168 e. The van der Waals surface area contributed by atoms with Crippen molar-refractivity contribution in [2.24, 2.45) is 5.73 Å². The second kappa shape index (κ2) is 5.47. The summed E-state index contributed by atoms with van der Waals surface area (Å²) < 4.78 is 24.1. The van der Waals surface area contributed by atoms with Gasteiger partial charge in [0.25, 0.3) is 0 Å². The maximum absolute atomic E-state index is 13.8. The molecule has 0 amide bonds. The molecule has 0 saturated carbocycles. The average molecular weight is 294 g/mol. The summed E-state index contributed by atoms with van der Waals surface area (Å²) in [5.41, 5.74) is 5.71. The van der Waals surface area contributed by atoms with Crippen LogP contribution in [0.3, 0.4) is 0 Å². The van der Waals surface area contributed by atoms with Gasteiger partial charge in [0, 0.05) is 6.07 Å². The molecule has 0 bridgehead atoms. The Morgan fingerprint density at radius 2 is 2.12 bits per heavy atom. The lowest BCUT2D eigenvalue weighted by Crippen LogP contribution is -2.18. The zero-order chi connectivity index (χ0) is 12.3. The highest BCUT2D eigenvalue weighted by Crippen LogP contribution is 2.39. The summed E-state index contributed by atoms with van der Waals surface area (Å²) in [5.74, 6) is -0.00127. The Morgan fingerprint density at radius 1 is 1.50 bits per heavy atom. The summed E-state index contributed by atoms with van der Waals surface area (Å²) in [7, 11) is 2.83. The Balaban J connectivity index is 3.46. The van der Waals surface area contributed by atoms with E-state index in [0.29, 0.717) is 5.75 Å². The molecule has 90 valence electrons. The fraction of sp³-hybridized carbons (Fsp3) is 0.400. The van der Waals surface area contributed by atoms with E-state index in [1.54, 1.807) is 0 Å². The largest absolute Gasteiger partial charge is 0.493 e. The molecular weight excluding hydrogens is 281 g/mol. The van der Waals surface area contributed by atoms with Crippen molar-refractivity contribution in [1.29, 1.82) is 0 Å². The summed E-state index contributed by atoms with van der Waals surface area (Å²) in [6.45, 7) is -0.382. The minimum atomic E-state index is -0.860. The van der Waals surface area contributed by atoms with Crippen molar-refractivity contribution in [2.75, 3.05) is 20.8 Å². The highest BCUT2D eigenvalue weighted by atomic mass is 79.9. The quantitative estimate of drug-likeness (QED) is 0.885. The highest BCUT2D eigenvalue weighted by Gasteiger charge is 2.23. The summed E-state index contributed by atoms with van der Waals surface area (Å²) in [6.07, 6.45) is 0. The number of aliphatic hydroxyl groups excluding tert-OH is 1. The van der Waals surface area contributed by atoms with Gasteiger partial charge in [-0.1, -0.05) is 0 Å². The summed E-state index contributed by atoms with van der Waals surface area (Å²) in [4.78, 5) is 0. The minimum Gasteiger partial charge on any atom is -0.493 e. The van der Waals surface area contributed by atoms with Crippen molar-refractivity contribution in [3.8, 4) is 11.5 Å². The number of benzene rings is 1. The van der Waals surface area contributed by atoms with Crippen LogP contribution in [0.2, 0.25) is 0 Å². The Kier molecular flexibility index (Phi) is 4.52. The molecule has 0 aromatic heterocycles. The first-order valence-corrected chi connectivity index (χ1v) is 5.32. The van der Waals surface area contributed by atoms with Crippen LogP contribution in [0.5, 0.6) is 11.5 Å². The second-order valence-corrected chi connectivity index (χ2v) is 3.96. The van der Waals surface area contributed by atoms with Crippen molar-refractivity contribution in [3.05, 3.63) is 21.9 Å². The van der Waals surface area contributed by atoms with Crippen molar-refractivity contribution >= 4 is 15.9 Å². The highest BCUT2D eigenvalue weighted by molar-refractivity contribution is 9.10. The molecule has 1 atom stereocenters. The number of halogens is 2. The molecular formula is C10H13BrFNO3. The van der Waals surface area contributed by atoms with Gasteiger partial charge in [-0.25, -0.2) is 4.39 Å². The van der Waals surface area contributed by atoms with Crippen LogP contribution < -0.4 is 15.2 Å². The molecule has 0 spiro atoms. The van der Waals surface area contributed by atoms with E-state index in [1.165, 1.54) is 20.3 Å². The van der Waals surface area contributed by atoms with Gasteiger partial charge in [0.05, 0.1) is 36.9 Å². The number of aliphatic hydroxyl groups is 1. The molecule has 0 heterocycles. The van der Waals surface area contributed by atoms with Gasteiger partial charge in [-0.2, -0.15) is 0 Å². The molecule has 0 fully saturated rings. The number of rotatable bonds is 4. The van der Waals surface area contributed by atoms with Crippen LogP contribution in [-0.2, 0) is 0 Å². The van der Waals surface area contributed by atoms with Crippen LogP contribution >= 0.6 is 15.9 Å². The first-order chi connectivity index (χ1) is 7.56. The molecule has 0 radical (unpaired) electrons. The number of nitrogens with two attached hydrogens (primary N) is 1. The molecule has 16 heavy (non-hydrogen) atoms. The molecule has 1 rings (SSSR count). The SMILES string of the molecule is COc1cc(Br)c(F)c(C(N)CO)c1OC. The predicted molar refractivity (Wildman–Crippen MR) is 61.2 cm³/mol. The monoisotopic (exact) mass is 293 g/mol. The van der Waals surface area contributed by atoms with Crippen molar-refractivity contribution in [1.82, 2.24) is 0 Å². The Labute approximate surface area is 101 Å². The lowest BCUT2D eigenvalue weighted by molar-refractivity contribution is 0.259. The van der Waals surface area contributed by atoms with E-state index >= 15 is 0 Å². The molecule has 1 unspecified atom stereocenters. The van der Waals surface area contributed by atoms with Gasteiger partial charge in [0.2, 0.25) is 0 Å². The average Bonchev–Trinajstić information content (AvgIpc) is 2.30. The Morgan fingerprint density at radius 3 is 2.56 bits per heavy atom. The van der Waals surface area contributed by atoms with Gasteiger partial charge in [-0.3, -0.25) is 0 Å². The van der Waals surface area contributed by atoms with E-state index in [1.807, 2.05) is 0 Å². The van der Waals surface area contributed by atoms with Gasteiger partial charge in [0.1, 0.15) is 5.82 Å². The third-order valence-corrected chi connectivity index (χ3v) is 2.74. The lowest BCUT2D eigenvalue weighted by Gasteiger charge is -2.18. The number of ether oxygens (including phenoxy) is 2. The van der Waals surface area contributed by atoms with Crippen LogP contribution in [-0.4, -0.2) is 25.9 Å². The van der Waals surface area contributed by atoms with Gasteiger partial charge in [-0.15, -0.1) is 0 Å². The fourth-order valence-corrected chi connectivity index (χ4v) is 1.81. The van der Waals surface area contributed by atoms with E-state index < -0.39 is 11.9 Å². The molecule has 6 heteroatoms. The molecule has 1 aromatic carbocycles. The van der Waals surface area contributed by atoms with Crippen molar-refractivity contribution in [2.45, 2.75) is 6.04 Å². The molecule has 0 aliphatic rings. The minimum absolute atomic E-state index is 0.0937. The summed E-state index contributed by atoms with van der Waals surface area (Å²) in [5, 5.41) is 8.98. The van der Waals surface area contributed by atoms with Crippen molar-refractivity contribution in [3.63, 3.8) is 0 Å². The van der Waals surface area contributed by atoms with E-state index in [-0.39, 0.29) is 22.4 Å². The van der Waals surface area contributed by atoms with Gasteiger partial charge >= 0.3 is 0 Å². The van der Waals surface area contributed by atoms with Gasteiger partial charge in [-0.05, 0) is 15.9 Å². The molecule has 1 aromatic rings. The van der Waals surface area contributed by atoms with E-state index in [9.17, 15) is 4.39 Å². The molecule has 3 N–H and O–H groups in total. The summed E-state index contributed by atoms with van der Waals surface area (Å²) >= 11 is 3.05. The third kappa shape index (κ3) is 2.28. The predicted octanol–water partition coefficient (Wildman–Crippen LogP) is 1.60. The number of hydrogen-bond donors (Lipinski definition) is 2. The third-order valence-electron chi connectivity index (χ3n) is 2.16. The fourth-order valence-electron chi connectivity index (χ4n) is 1.39. The topological polar surface area (TPSA) is 64.7 Å². The van der Waals surface area contributed by atoms with Gasteiger partial charge in [0.15, 0.2) is 11.5 Å². The summed E-state index contributed by atoms with van der Waals surface area (Å²) in [6, 6.07) is 0.586. The zero-order valence-electron chi connectivity index (χ0n) is 8.96. The second-order valence-electron chi connectivity index (χ2n) is 3.11. The first-order valence-electron chi connectivity index (χ1n) is 4.53. The first kappa shape index (κ1) is 13.2. The van der Waals surface area contributed by atoms with E-state index in [4.69, 9.17) is 20.3 Å². The van der Waals surface area contributed by atoms with Gasteiger partial charge < -0.3 is 20.3 Å². The lowest BCUT2D eigenvalue weighted by atomic mass is 10.1. The Bertz CT molecular complexity index is 387. The Hall–Kier alpha value is -0.850. The molecule has 0 aliphatic carbocycles. The zero-order valence-corrected chi connectivity index (χ0v) is 10.5. The smallest absolute Gasteiger partial charge is 0.168 e. The standard InChI is InChI=1S/C10H13BrFNO3/c1-15-7-3-5(11)9(12)8(6(13)4-14)10(7)16-2/h3,6,14H,4,13H2,1-2H3. The van der Waals surface area contributed by atoms with Crippen LogP contribution in [0, 0.1) is 5.82 Å². The van der Waals surface area contributed by atoms with Crippen LogP contribution in [0.1, 0.15) is 11.6 Å². The van der Waals surface area contributed by atoms with E-state index in [0.717, 1.165) is 0 Å². The number of hydrogen-bond acceptors (Lipinski definition) is 4. The van der Waals surface area contributed by atoms with Crippen LogP contribution in [0.15, 0.2) is 10.5 Å². The maximum atomic E-state index is 13.8. The van der Waals surface area contributed by atoms with E-state index in [2.05, 4.69) is 15.9 Å². The van der Waals surface area contributed by atoms with Crippen LogP contribution in [0.4, 0.5) is 4.39 Å². The molecule has 0 saturated heterocycles.